The molecule has 3 nitrogen and oxygen atoms in total. The lowest BCUT2D eigenvalue weighted by Gasteiger charge is -2.21. The first-order valence-corrected chi connectivity index (χ1v) is 8.66. The molecule has 0 spiro atoms. The van der Waals surface area contributed by atoms with Gasteiger partial charge in [-0.3, -0.25) is 0 Å². The van der Waals surface area contributed by atoms with Crippen molar-refractivity contribution in [2.24, 2.45) is 0 Å². The molecule has 1 aliphatic rings. The third kappa shape index (κ3) is 5.70. The lowest BCUT2D eigenvalue weighted by Crippen LogP contribution is -2.26. The molecule has 1 fully saturated rings. The van der Waals surface area contributed by atoms with Crippen molar-refractivity contribution >= 4 is 15.9 Å². The number of rotatable bonds is 9. The zero-order valence-corrected chi connectivity index (χ0v) is 14.4. The van der Waals surface area contributed by atoms with Gasteiger partial charge in [-0.05, 0) is 43.2 Å². The number of hydrogen-bond acceptors (Lipinski definition) is 3. The maximum absolute atomic E-state index is 5.76. The molecule has 1 heterocycles. The highest BCUT2D eigenvalue weighted by atomic mass is 79.9. The van der Waals surface area contributed by atoms with Crippen molar-refractivity contribution < 1.29 is 9.47 Å². The summed E-state index contributed by atoms with van der Waals surface area (Å²) in [4.78, 5) is 0. The smallest absolute Gasteiger partial charge is 0.0587 e. The van der Waals surface area contributed by atoms with E-state index in [-0.39, 0.29) is 0 Å². The van der Waals surface area contributed by atoms with E-state index in [2.05, 4.69) is 45.5 Å². The Hall–Kier alpha value is -0.420. The van der Waals surface area contributed by atoms with E-state index >= 15 is 0 Å². The molecule has 4 heteroatoms. The molecule has 1 aromatic rings. The minimum atomic E-state index is 0.467. The van der Waals surface area contributed by atoms with Crippen LogP contribution >= 0.6 is 15.9 Å². The highest BCUT2D eigenvalue weighted by Crippen LogP contribution is 2.30. The monoisotopic (exact) mass is 355 g/mol. The van der Waals surface area contributed by atoms with Crippen LogP contribution in [-0.4, -0.2) is 39.5 Å². The molecule has 1 saturated heterocycles. The first-order valence-electron chi connectivity index (χ1n) is 7.87. The lowest BCUT2D eigenvalue weighted by molar-refractivity contribution is 0.100. The summed E-state index contributed by atoms with van der Waals surface area (Å²) in [5.74, 6) is 0.515. The van der Waals surface area contributed by atoms with Gasteiger partial charge in [0, 0.05) is 31.3 Å². The standard InChI is InChI=1S/C17H26BrNO2/c1-20-12-10-19-13-14(8-9-15-5-4-11-21-15)16-6-2-3-7-17(16)18/h2-3,6-7,14-15,19H,4-5,8-13H2,1H3. The molecule has 118 valence electrons. The van der Waals surface area contributed by atoms with Crippen molar-refractivity contribution in [3.8, 4) is 0 Å². The molecule has 0 amide bonds. The molecule has 0 bridgehead atoms. The molecule has 2 atom stereocenters. The van der Waals surface area contributed by atoms with E-state index in [9.17, 15) is 0 Å². The Morgan fingerprint density at radius 2 is 2.29 bits per heavy atom. The summed E-state index contributed by atoms with van der Waals surface area (Å²) >= 11 is 3.69. The van der Waals surface area contributed by atoms with Crippen LogP contribution < -0.4 is 5.32 Å². The van der Waals surface area contributed by atoms with E-state index in [1.807, 2.05) is 0 Å². The van der Waals surface area contributed by atoms with Crippen LogP contribution in [0.25, 0.3) is 0 Å². The summed E-state index contributed by atoms with van der Waals surface area (Å²) in [6.07, 6.45) is 5.22. The average Bonchev–Trinajstić information content (AvgIpc) is 3.01. The van der Waals surface area contributed by atoms with Gasteiger partial charge in [-0.1, -0.05) is 34.1 Å². The van der Waals surface area contributed by atoms with Gasteiger partial charge in [-0.2, -0.15) is 0 Å². The third-order valence-corrected chi connectivity index (χ3v) is 4.80. The van der Waals surface area contributed by atoms with Gasteiger partial charge in [0.25, 0.3) is 0 Å². The maximum Gasteiger partial charge on any atom is 0.0587 e. The predicted octanol–water partition coefficient (Wildman–Crippen LogP) is 3.73. The van der Waals surface area contributed by atoms with Crippen molar-refractivity contribution in [2.45, 2.75) is 37.7 Å². The first kappa shape index (κ1) is 16.9. The summed E-state index contributed by atoms with van der Waals surface area (Å²) in [5, 5.41) is 3.50. The predicted molar refractivity (Wildman–Crippen MR) is 89.8 cm³/mol. The molecule has 1 aromatic carbocycles. The number of nitrogens with one attached hydrogen (secondary N) is 1. The summed E-state index contributed by atoms with van der Waals surface area (Å²) in [7, 11) is 1.74. The van der Waals surface area contributed by atoms with Gasteiger partial charge in [0.05, 0.1) is 12.7 Å². The molecule has 21 heavy (non-hydrogen) atoms. The summed E-state index contributed by atoms with van der Waals surface area (Å²) in [6, 6.07) is 8.54. The molecule has 0 saturated carbocycles. The topological polar surface area (TPSA) is 30.5 Å². The fourth-order valence-corrected chi connectivity index (χ4v) is 3.49. The minimum Gasteiger partial charge on any atom is -0.383 e. The van der Waals surface area contributed by atoms with E-state index in [1.54, 1.807) is 7.11 Å². The summed E-state index contributed by atoms with van der Waals surface area (Å²) in [5.41, 5.74) is 1.39. The highest BCUT2D eigenvalue weighted by molar-refractivity contribution is 9.10. The minimum absolute atomic E-state index is 0.467. The molecular formula is C17H26BrNO2. The first-order chi connectivity index (χ1) is 10.3. The SMILES string of the molecule is COCCNCC(CCC1CCCO1)c1ccccc1Br. The van der Waals surface area contributed by atoms with Gasteiger partial charge >= 0.3 is 0 Å². The maximum atomic E-state index is 5.76. The highest BCUT2D eigenvalue weighted by Gasteiger charge is 2.20. The van der Waals surface area contributed by atoms with E-state index in [0.717, 1.165) is 39.1 Å². The van der Waals surface area contributed by atoms with E-state index in [4.69, 9.17) is 9.47 Å². The second-order valence-electron chi connectivity index (χ2n) is 5.63. The third-order valence-electron chi connectivity index (χ3n) is 4.08. The molecule has 1 aliphatic heterocycles. The van der Waals surface area contributed by atoms with E-state index < -0.39 is 0 Å². The summed E-state index contributed by atoms with van der Waals surface area (Å²) in [6.45, 7) is 3.58. The van der Waals surface area contributed by atoms with Gasteiger partial charge < -0.3 is 14.8 Å². The normalized spacial score (nSPS) is 19.8. The molecule has 1 N–H and O–H groups in total. The van der Waals surface area contributed by atoms with Gasteiger partial charge in [0.15, 0.2) is 0 Å². The van der Waals surface area contributed by atoms with Gasteiger partial charge in [-0.25, -0.2) is 0 Å². The van der Waals surface area contributed by atoms with Gasteiger partial charge in [-0.15, -0.1) is 0 Å². The van der Waals surface area contributed by atoms with Crippen LogP contribution in [-0.2, 0) is 9.47 Å². The number of benzene rings is 1. The molecule has 2 rings (SSSR count). The Morgan fingerprint density at radius 3 is 3.00 bits per heavy atom. The van der Waals surface area contributed by atoms with Crippen molar-refractivity contribution in [2.75, 3.05) is 33.4 Å². The number of methoxy groups -OCH3 is 1. The van der Waals surface area contributed by atoms with Crippen LogP contribution in [0.3, 0.4) is 0 Å². The van der Waals surface area contributed by atoms with Gasteiger partial charge in [0.1, 0.15) is 0 Å². The van der Waals surface area contributed by atoms with E-state index in [0.29, 0.717) is 12.0 Å². The number of halogens is 1. The second-order valence-corrected chi connectivity index (χ2v) is 6.48. The zero-order valence-electron chi connectivity index (χ0n) is 12.8. The quantitative estimate of drug-likeness (QED) is 0.684. The van der Waals surface area contributed by atoms with E-state index in [1.165, 1.54) is 22.9 Å². The Labute approximate surface area is 136 Å². The van der Waals surface area contributed by atoms with Crippen molar-refractivity contribution in [1.82, 2.24) is 5.32 Å². The van der Waals surface area contributed by atoms with Crippen LogP contribution in [0.1, 0.15) is 37.2 Å². The zero-order chi connectivity index (χ0) is 14.9. The average molecular weight is 356 g/mol. The molecule has 0 aromatic heterocycles. The largest absolute Gasteiger partial charge is 0.383 e. The van der Waals surface area contributed by atoms with Gasteiger partial charge in [0.2, 0.25) is 0 Å². The fourth-order valence-electron chi connectivity index (χ4n) is 2.88. The number of ether oxygens (including phenoxy) is 2. The van der Waals surface area contributed by atoms with Crippen LogP contribution in [0.5, 0.6) is 0 Å². The Morgan fingerprint density at radius 1 is 1.43 bits per heavy atom. The Kier molecular flexibility index (Phi) is 7.72. The molecule has 2 unspecified atom stereocenters. The number of hydrogen-bond donors (Lipinski definition) is 1. The van der Waals surface area contributed by atoms with Crippen molar-refractivity contribution in [1.29, 1.82) is 0 Å². The Bertz CT molecular complexity index is 408. The fraction of sp³-hybridized carbons (Fsp3) is 0.647. The molecule has 0 radical (unpaired) electrons. The van der Waals surface area contributed by atoms with Crippen molar-refractivity contribution in [3.63, 3.8) is 0 Å². The summed E-state index contributed by atoms with van der Waals surface area (Å²) < 4.78 is 12.1. The molecule has 0 aliphatic carbocycles. The van der Waals surface area contributed by atoms with Crippen molar-refractivity contribution in [3.05, 3.63) is 34.3 Å². The molecular weight excluding hydrogens is 330 g/mol. The van der Waals surface area contributed by atoms with Crippen LogP contribution in [0.15, 0.2) is 28.7 Å². The Balaban J connectivity index is 1.90. The second kappa shape index (κ2) is 9.57. The lowest BCUT2D eigenvalue weighted by atomic mass is 9.92. The van der Waals surface area contributed by atoms with Crippen LogP contribution in [0, 0.1) is 0 Å². The van der Waals surface area contributed by atoms with Crippen LogP contribution in [0.2, 0.25) is 0 Å². The van der Waals surface area contributed by atoms with Crippen LogP contribution in [0.4, 0.5) is 0 Å².